The van der Waals surface area contributed by atoms with Gasteiger partial charge in [-0.25, -0.2) is 4.98 Å². The number of hydrogen-bond donors (Lipinski definition) is 2. The predicted octanol–water partition coefficient (Wildman–Crippen LogP) is 3.94. The highest BCUT2D eigenvalue weighted by Gasteiger charge is 2.01. The molecular weight excluding hydrogens is 459 g/mol. The molecule has 0 aliphatic heterocycles. The number of para-hydroxylation sites is 1. The van der Waals surface area contributed by atoms with E-state index in [2.05, 4.69) is 45.9 Å². The van der Waals surface area contributed by atoms with Crippen molar-refractivity contribution in [3.05, 3.63) is 45.9 Å². The molecule has 5 nitrogen and oxygen atoms in total. The van der Waals surface area contributed by atoms with E-state index in [0.29, 0.717) is 6.61 Å². The molecule has 0 aliphatic carbocycles. The summed E-state index contributed by atoms with van der Waals surface area (Å²) in [4.78, 5) is 9.08. The second-order valence-corrected chi connectivity index (χ2v) is 6.83. The molecule has 1 aromatic heterocycles. The highest BCUT2D eigenvalue weighted by molar-refractivity contribution is 14.0. The molecule has 2 N–H and O–H groups in total. The van der Waals surface area contributed by atoms with Crippen LogP contribution < -0.4 is 15.4 Å². The Hall–Kier alpha value is -1.35. The number of aromatic nitrogens is 1. The number of benzene rings is 1. The Morgan fingerprint density at radius 1 is 1.23 bits per heavy atom. The van der Waals surface area contributed by atoms with Crippen LogP contribution in [0.1, 0.15) is 29.6 Å². The first-order valence-electron chi connectivity index (χ1n) is 8.80. The van der Waals surface area contributed by atoms with Gasteiger partial charge in [-0.05, 0) is 32.4 Å². The van der Waals surface area contributed by atoms with Gasteiger partial charge in [-0.2, -0.15) is 0 Å². The van der Waals surface area contributed by atoms with Crippen LogP contribution in [0.25, 0.3) is 0 Å². The maximum atomic E-state index is 5.80. The van der Waals surface area contributed by atoms with Gasteiger partial charge in [0.1, 0.15) is 5.75 Å². The topological polar surface area (TPSA) is 58.5 Å². The molecule has 2 aromatic rings. The lowest BCUT2D eigenvalue weighted by Crippen LogP contribution is -2.38. The van der Waals surface area contributed by atoms with Crippen LogP contribution in [0.2, 0.25) is 0 Å². The molecule has 0 saturated heterocycles. The van der Waals surface area contributed by atoms with Gasteiger partial charge in [-0.1, -0.05) is 18.2 Å². The summed E-state index contributed by atoms with van der Waals surface area (Å²) in [7, 11) is 0. The van der Waals surface area contributed by atoms with E-state index in [-0.39, 0.29) is 24.0 Å². The molecule has 1 aromatic carbocycles. The molecule has 144 valence electrons. The van der Waals surface area contributed by atoms with Gasteiger partial charge in [-0.15, -0.1) is 35.3 Å². The molecule has 0 saturated carbocycles. The molecule has 0 radical (unpaired) electrons. The molecule has 7 heteroatoms. The fourth-order valence-electron chi connectivity index (χ4n) is 2.33. The second-order valence-electron chi connectivity index (χ2n) is 5.76. The highest BCUT2D eigenvalue weighted by Crippen LogP contribution is 2.16. The van der Waals surface area contributed by atoms with Crippen molar-refractivity contribution in [3.8, 4) is 5.75 Å². The minimum Gasteiger partial charge on any atom is -0.493 e. The number of nitrogens with zero attached hydrogens (tertiary/aromatic N) is 2. The summed E-state index contributed by atoms with van der Waals surface area (Å²) in [5, 5.41) is 9.86. The Balaban J connectivity index is 0.00000338. The fourth-order valence-corrected chi connectivity index (χ4v) is 2.98. The number of halogens is 1. The minimum absolute atomic E-state index is 0. The van der Waals surface area contributed by atoms with Crippen molar-refractivity contribution in [2.24, 2.45) is 4.99 Å². The number of rotatable bonds is 9. The van der Waals surface area contributed by atoms with Crippen LogP contribution in [0.15, 0.2) is 34.6 Å². The van der Waals surface area contributed by atoms with Crippen molar-refractivity contribution in [1.82, 2.24) is 15.6 Å². The number of thiazole rings is 1. The third kappa shape index (κ3) is 8.35. The number of aryl methyl sites for hydroxylation is 2. The maximum absolute atomic E-state index is 5.80. The van der Waals surface area contributed by atoms with Crippen molar-refractivity contribution in [3.63, 3.8) is 0 Å². The van der Waals surface area contributed by atoms with E-state index in [1.807, 2.05) is 25.1 Å². The first-order valence-corrected chi connectivity index (χ1v) is 9.68. The lowest BCUT2D eigenvalue weighted by Gasteiger charge is -2.11. The SMILES string of the molecule is CCNC(=NCCCOc1ccccc1C)NCCc1csc(C)n1.I. The van der Waals surface area contributed by atoms with Crippen LogP contribution >= 0.6 is 35.3 Å². The van der Waals surface area contributed by atoms with E-state index in [1.54, 1.807) is 11.3 Å². The number of hydrogen-bond acceptors (Lipinski definition) is 4. The van der Waals surface area contributed by atoms with Crippen molar-refractivity contribution >= 4 is 41.3 Å². The van der Waals surface area contributed by atoms with Gasteiger partial charge in [-0.3, -0.25) is 4.99 Å². The quantitative estimate of drug-likeness (QED) is 0.243. The van der Waals surface area contributed by atoms with E-state index in [0.717, 1.165) is 54.9 Å². The lowest BCUT2D eigenvalue weighted by atomic mass is 10.2. The van der Waals surface area contributed by atoms with Crippen LogP contribution in [-0.4, -0.2) is 37.2 Å². The molecule has 0 bridgehead atoms. The van der Waals surface area contributed by atoms with Gasteiger partial charge >= 0.3 is 0 Å². The van der Waals surface area contributed by atoms with Crippen LogP contribution in [0.5, 0.6) is 5.75 Å². The van der Waals surface area contributed by atoms with Crippen molar-refractivity contribution < 1.29 is 4.74 Å². The van der Waals surface area contributed by atoms with E-state index < -0.39 is 0 Å². The second kappa shape index (κ2) is 12.9. The average molecular weight is 488 g/mol. The first-order chi connectivity index (χ1) is 12.2. The lowest BCUT2D eigenvalue weighted by molar-refractivity contribution is 0.311. The van der Waals surface area contributed by atoms with Gasteiger partial charge < -0.3 is 15.4 Å². The number of guanidine groups is 1. The van der Waals surface area contributed by atoms with Crippen LogP contribution in [-0.2, 0) is 6.42 Å². The maximum Gasteiger partial charge on any atom is 0.191 e. The van der Waals surface area contributed by atoms with Gasteiger partial charge in [0.15, 0.2) is 5.96 Å². The molecule has 26 heavy (non-hydrogen) atoms. The highest BCUT2D eigenvalue weighted by atomic mass is 127. The van der Waals surface area contributed by atoms with E-state index >= 15 is 0 Å². The third-order valence-electron chi connectivity index (χ3n) is 3.61. The van der Waals surface area contributed by atoms with E-state index in [4.69, 9.17) is 4.74 Å². The van der Waals surface area contributed by atoms with Crippen LogP contribution in [0, 0.1) is 13.8 Å². The number of ether oxygens (including phenoxy) is 1. The van der Waals surface area contributed by atoms with Gasteiger partial charge in [0, 0.05) is 37.9 Å². The fraction of sp³-hybridized carbons (Fsp3) is 0.474. The van der Waals surface area contributed by atoms with Crippen molar-refractivity contribution in [2.45, 2.75) is 33.6 Å². The average Bonchev–Trinajstić information content (AvgIpc) is 3.01. The Labute approximate surface area is 177 Å². The molecule has 0 spiro atoms. The summed E-state index contributed by atoms with van der Waals surface area (Å²) in [5.74, 6) is 1.81. The Bertz CT molecular complexity index is 675. The van der Waals surface area contributed by atoms with E-state index in [1.165, 1.54) is 5.56 Å². The van der Waals surface area contributed by atoms with E-state index in [9.17, 15) is 0 Å². The minimum atomic E-state index is 0. The largest absolute Gasteiger partial charge is 0.493 e. The van der Waals surface area contributed by atoms with Gasteiger partial charge in [0.05, 0.1) is 17.3 Å². The third-order valence-corrected chi connectivity index (χ3v) is 4.43. The summed E-state index contributed by atoms with van der Waals surface area (Å²) < 4.78 is 5.80. The molecule has 0 amide bonds. The molecule has 1 heterocycles. The Kier molecular flexibility index (Phi) is 11.3. The zero-order valence-electron chi connectivity index (χ0n) is 15.7. The Morgan fingerprint density at radius 3 is 2.73 bits per heavy atom. The van der Waals surface area contributed by atoms with Gasteiger partial charge in [0.25, 0.3) is 0 Å². The Morgan fingerprint density at radius 2 is 2.04 bits per heavy atom. The molecule has 0 unspecified atom stereocenters. The summed E-state index contributed by atoms with van der Waals surface area (Å²) in [6.45, 7) is 9.25. The predicted molar refractivity (Wildman–Crippen MR) is 121 cm³/mol. The van der Waals surface area contributed by atoms with Crippen molar-refractivity contribution in [2.75, 3.05) is 26.2 Å². The zero-order valence-corrected chi connectivity index (χ0v) is 18.9. The standard InChI is InChI=1S/C19H28N4OS.HI/c1-4-20-19(22-12-10-17-14-25-16(3)23-17)21-11-7-13-24-18-9-6-5-8-15(18)2;/h5-6,8-9,14H,4,7,10-13H2,1-3H3,(H2,20,21,22);1H. The summed E-state index contributed by atoms with van der Waals surface area (Å²) >= 11 is 1.69. The summed E-state index contributed by atoms with van der Waals surface area (Å²) in [6.07, 6.45) is 1.79. The molecule has 2 rings (SSSR count). The number of aliphatic imine (C=N–C) groups is 1. The summed E-state index contributed by atoms with van der Waals surface area (Å²) in [5.41, 5.74) is 2.30. The normalized spacial score (nSPS) is 11.0. The van der Waals surface area contributed by atoms with Crippen LogP contribution in [0.3, 0.4) is 0 Å². The monoisotopic (exact) mass is 488 g/mol. The first kappa shape index (κ1) is 22.7. The van der Waals surface area contributed by atoms with Gasteiger partial charge in [0.2, 0.25) is 0 Å². The number of nitrogens with one attached hydrogen (secondary N) is 2. The molecule has 0 fully saturated rings. The van der Waals surface area contributed by atoms with Crippen molar-refractivity contribution in [1.29, 1.82) is 0 Å². The zero-order chi connectivity index (χ0) is 17.9. The van der Waals surface area contributed by atoms with Crippen LogP contribution in [0.4, 0.5) is 0 Å². The summed E-state index contributed by atoms with van der Waals surface area (Å²) in [6, 6.07) is 8.08. The molecule has 0 atom stereocenters. The molecular formula is C19H29IN4OS. The molecule has 0 aliphatic rings. The smallest absolute Gasteiger partial charge is 0.191 e.